The first-order valence-corrected chi connectivity index (χ1v) is 11.4. The van der Waals surface area contributed by atoms with Crippen LogP contribution in [0.3, 0.4) is 0 Å². The Morgan fingerprint density at radius 3 is 2.72 bits per heavy atom. The molecule has 4 aromatic rings. The molecule has 5 rings (SSSR count). The fourth-order valence-electron chi connectivity index (χ4n) is 4.32. The van der Waals surface area contributed by atoms with Gasteiger partial charge in [-0.05, 0) is 42.2 Å². The number of nitrogens with one attached hydrogen (secondary N) is 2. The lowest BCUT2D eigenvalue weighted by Crippen LogP contribution is -2.46. The third-order valence-corrected chi connectivity index (χ3v) is 6.86. The molecule has 1 aromatic carbocycles. The van der Waals surface area contributed by atoms with Crippen LogP contribution in [-0.4, -0.2) is 58.4 Å². The largest absolute Gasteiger partial charge is 0.368 e. The Morgan fingerprint density at radius 1 is 1.16 bits per heavy atom. The van der Waals surface area contributed by atoms with Crippen LogP contribution < -0.4 is 15.8 Å². The van der Waals surface area contributed by atoms with E-state index in [1.54, 1.807) is 19.3 Å². The number of carbonyl (C=O) groups is 1. The first kappa shape index (κ1) is 20.6. The summed E-state index contributed by atoms with van der Waals surface area (Å²) in [7, 11) is 1.61. The van der Waals surface area contributed by atoms with Crippen molar-refractivity contribution >= 4 is 44.1 Å². The van der Waals surface area contributed by atoms with E-state index in [1.807, 2.05) is 13.0 Å². The maximum Gasteiger partial charge on any atom is 0.269 e. The topological polar surface area (TPSA) is 94.2 Å². The average Bonchev–Trinajstić information content (AvgIpc) is 3.30. The zero-order valence-electron chi connectivity index (χ0n) is 18.0. The first-order chi connectivity index (χ1) is 15.5. The van der Waals surface area contributed by atoms with E-state index in [-0.39, 0.29) is 11.5 Å². The lowest BCUT2D eigenvalue weighted by atomic mass is 10.1. The molecule has 0 atom stereocenters. The van der Waals surface area contributed by atoms with E-state index in [9.17, 15) is 9.59 Å². The van der Waals surface area contributed by atoms with Crippen LogP contribution in [0.5, 0.6) is 0 Å². The quantitative estimate of drug-likeness (QED) is 0.498. The molecule has 1 amide bonds. The first-order valence-electron chi connectivity index (χ1n) is 10.6. The number of carbonyl (C=O) groups excluding carboxylic acids is 1. The number of pyridine rings is 2. The van der Waals surface area contributed by atoms with Gasteiger partial charge in [0, 0.05) is 45.2 Å². The van der Waals surface area contributed by atoms with Crippen LogP contribution in [0.1, 0.15) is 21.7 Å². The van der Waals surface area contributed by atoms with Crippen LogP contribution >= 0.6 is 11.5 Å². The van der Waals surface area contributed by atoms with Crippen molar-refractivity contribution in [1.29, 1.82) is 0 Å². The fraction of sp³-hybridized carbons (Fsp3) is 0.304. The second-order valence-corrected chi connectivity index (χ2v) is 8.85. The van der Waals surface area contributed by atoms with Gasteiger partial charge >= 0.3 is 0 Å². The van der Waals surface area contributed by atoms with Crippen molar-refractivity contribution in [2.24, 2.45) is 0 Å². The molecule has 1 saturated heterocycles. The van der Waals surface area contributed by atoms with E-state index in [2.05, 4.69) is 47.7 Å². The maximum atomic E-state index is 12.3. The number of amides is 1. The molecule has 8 nitrogen and oxygen atoms in total. The third-order valence-electron chi connectivity index (χ3n) is 6.03. The molecule has 1 aliphatic heterocycles. The van der Waals surface area contributed by atoms with Gasteiger partial charge in [-0.2, -0.15) is 4.37 Å². The molecule has 32 heavy (non-hydrogen) atoms. The van der Waals surface area contributed by atoms with E-state index >= 15 is 0 Å². The SMILES string of the molecule is CNC(=O)c1ccc(N2CCN(Cc3ccc4c(c3)[nH]c(=O)c3cnsc34)CC2)c(C)n1. The van der Waals surface area contributed by atoms with Crippen molar-refractivity contribution in [1.82, 2.24) is 24.6 Å². The molecular weight excluding hydrogens is 424 g/mol. The number of fused-ring (bicyclic) bond motifs is 3. The number of piperazine rings is 1. The normalized spacial score (nSPS) is 14.9. The molecular formula is C23H24N6O2S. The molecule has 0 saturated carbocycles. The highest BCUT2D eigenvalue weighted by molar-refractivity contribution is 7.14. The minimum atomic E-state index is -0.169. The number of nitrogens with zero attached hydrogens (tertiary/aromatic N) is 4. The van der Waals surface area contributed by atoms with Crippen LogP contribution in [0, 0.1) is 6.92 Å². The van der Waals surface area contributed by atoms with Gasteiger partial charge in [0.2, 0.25) is 0 Å². The number of aromatic nitrogens is 3. The molecule has 0 bridgehead atoms. The van der Waals surface area contributed by atoms with Crippen molar-refractivity contribution < 1.29 is 4.79 Å². The summed E-state index contributed by atoms with van der Waals surface area (Å²) in [6, 6.07) is 10.1. The van der Waals surface area contributed by atoms with Gasteiger partial charge in [-0.3, -0.25) is 14.5 Å². The van der Waals surface area contributed by atoms with Crippen LogP contribution in [-0.2, 0) is 6.54 Å². The molecule has 2 N–H and O–H groups in total. The van der Waals surface area contributed by atoms with Gasteiger partial charge in [-0.25, -0.2) is 4.98 Å². The zero-order valence-corrected chi connectivity index (χ0v) is 18.8. The van der Waals surface area contributed by atoms with Gasteiger partial charge < -0.3 is 15.2 Å². The third kappa shape index (κ3) is 3.74. The zero-order chi connectivity index (χ0) is 22.2. The van der Waals surface area contributed by atoms with Crippen LogP contribution in [0.2, 0.25) is 0 Å². The minimum Gasteiger partial charge on any atom is -0.368 e. The Balaban J connectivity index is 1.28. The number of hydrogen-bond donors (Lipinski definition) is 2. The Kier molecular flexibility index (Phi) is 5.36. The lowest BCUT2D eigenvalue weighted by Gasteiger charge is -2.36. The Bertz CT molecular complexity index is 1370. The second-order valence-electron chi connectivity index (χ2n) is 8.05. The van der Waals surface area contributed by atoms with Crippen molar-refractivity contribution in [2.75, 3.05) is 38.1 Å². The summed E-state index contributed by atoms with van der Waals surface area (Å²) in [5.74, 6) is -0.169. The summed E-state index contributed by atoms with van der Waals surface area (Å²) in [5.41, 5.74) is 4.34. The Labute approximate surface area is 189 Å². The monoisotopic (exact) mass is 448 g/mol. The fourth-order valence-corrected chi connectivity index (χ4v) is 5.11. The summed E-state index contributed by atoms with van der Waals surface area (Å²) in [6.07, 6.45) is 1.63. The molecule has 0 unspecified atom stereocenters. The van der Waals surface area contributed by atoms with E-state index < -0.39 is 0 Å². The van der Waals surface area contributed by atoms with Gasteiger partial charge in [0.15, 0.2) is 0 Å². The van der Waals surface area contributed by atoms with E-state index in [1.165, 1.54) is 17.1 Å². The highest BCUT2D eigenvalue weighted by Gasteiger charge is 2.20. The van der Waals surface area contributed by atoms with Gasteiger partial charge in [0.25, 0.3) is 11.5 Å². The summed E-state index contributed by atoms with van der Waals surface area (Å²) < 4.78 is 5.11. The van der Waals surface area contributed by atoms with E-state index in [4.69, 9.17) is 0 Å². The van der Waals surface area contributed by atoms with Gasteiger partial charge in [0.05, 0.1) is 33.2 Å². The number of aromatic amines is 1. The van der Waals surface area contributed by atoms with Gasteiger partial charge in [-0.15, -0.1) is 0 Å². The molecule has 1 fully saturated rings. The van der Waals surface area contributed by atoms with Gasteiger partial charge in [-0.1, -0.05) is 12.1 Å². The smallest absolute Gasteiger partial charge is 0.269 e. The van der Waals surface area contributed by atoms with E-state index in [0.29, 0.717) is 11.1 Å². The lowest BCUT2D eigenvalue weighted by molar-refractivity contribution is 0.0958. The van der Waals surface area contributed by atoms with Crippen molar-refractivity contribution in [3.05, 3.63) is 63.8 Å². The summed E-state index contributed by atoms with van der Waals surface area (Å²) in [6.45, 7) is 6.43. The van der Waals surface area contributed by atoms with E-state index in [0.717, 1.165) is 59.7 Å². The maximum absolute atomic E-state index is 12.3. The number of benzene rings is 1. The van der Waals surface area contributed by atoms with Crippen molar-refractivity contribution in [3.63, 3.8) is 0 Å². The molecule has 0 radical (unpaired) electrons. The molecule has 4 heterocycles. The molecule has 9 heteroatoms. The van der Waals surface area contributed by atoms with Crippen molar-refractivity contribution in [3.8, 4) is 0 Å². The number of rotatable bonds is 4. The average molecular weight is 449 g/mol. The van der Waals surface area contributed by atoms with Gasteiger partial charge in [0.1, 0.15) is 5.69 Å². The standard InChI is InChI=1S/C23H24N6O2S/c1-14-20(6-5-18(26-14)23(31)24-2)29-9-7-28(8-10-29)13-15-3-4-16-19(11-15)27-22(30)17-12-25-32-21(16)17/h3-6,11-12H,7-10,13H2,1-2H3,(H,24,31)(H,27,30). The Hall–Kier alpha value is -3.30. The summed E-state index contributed by atoms with van der Waals surface area (Å²) in [4.78, 5) is 36.3. The molecule has 3 aromatic heterocycles. The highest BCUT2D eigenvalue weighted by atomic mass is 32.1. The predicted molar refractivity (Wildman–Crippen MR) is 128 cm³/mol. The Morgan fingerprint density at radius 2 is 1.97 bits per heavy atom. The van der Waals surface area contributed by atoms with Crippen molar-refractivity contribution in [2.45, 2.75) is 13.5 Å². The van der Waals surface area contributed by atoms with Crippen LogP contribution in [0.4, 0.5) is 5.69 Å². The van der Waals surface area contributed by atoms with Crippen LogP contribution in [0.25, 0.3) is 21.0 Å². The summed E-state index contributed by atoms with van der Waals surface area (Å²) >= 11 is 1.36. The minimum absolute atomic E-state index is 0.0848. The highest BCUT2D eigenvalue weighted by Crippen LogP contribution is 2.26. The molecule has 1 aliphatic rings. The number of H-pyrrole nitrogens is 1. The predicted octanol–water partition coefficient (Wildman–Crippen LogP) is 2.52. The number of aryl methyl sites for hydroxylation is 1. The second kappa shape index (κ2) is 8.33. The number of hydrogen-bond acceptors (Lipinski definition) is 7. The summed E-state index contributed by atoms with van der Waals surface area (Å²) in [5, 5.41) is 4.31. The molecule has 0 spiro atoms. The molecule has 0 aliphatic carbocycles. The number of anilines is 1. The molecule has 164 valence electrons. The van der Waals surface area contributed by atoms with Crippen LogP contribution in [0.15, 0.2) is 41.3 Å².